The van der Waals surface area contributed by atoms with E-state index in [9.17, 15) is 5.11 Å². The van der Waals surface area contributed by atoms with E-state index < -0.39 is 0 Å². The molecule has 0 aliphatic heterocycles. The maximum absolute atomic E-state index is 9.95. The zero-order valence-corrected chi connectivity index (χ0v) is 12.1. The van der Waals surface area contributed by atoms with Crippen LogP contribution >= 0.6 is 0 Å². The van der Waals surface area contributed by atoms with Crippen LogP contribution in [0.5, 0.6) is 5.75 Å². The average molecular weight is 279 g/mol. The number of hydrogen-bond donors (Lipinski definition) is 1. The first-order valence-electron chi connectivity index (χ1n) is 6.87. The molecule has 0 aliphatic rings. The van der Waals surface area contributed by atoms with Crippen molar-refractivity contribution in [3.63, 3.8) is 0 Å². The van der Waals surface area contributed by atoms with E-state index >= 15 is 0 Å². The van der Waals surface area contributed by atoms with E-state index in [0.717, 1.165) is 28.3 Å². The van der Waals surface area contributed by atoms with E-state index in [4.69, 9.17) is 0 Å². The van der Waals surface area contributed by atoms with Gasteiger partial charge in [-0.3, -0.25) is 4.98 Å². The lowest BCUT2D eigenvalue weighted by molar-refractivity contribution is 0.466. The normalized spacial score (nSPS) is 10.8. The lowest BCUT2D eigenvalue weighted by Gasteiger charge is -2.11. The van der Waals surface area contributed by atoms with Crippen molar-refractivity contribution in [3.8, 4) is 17.1 Å². The van der Waals surface area contributed by atoms with Gasteiger partial charge in [-0.05, 0) is 32.0 Å². The Hall–Kier alpha value is -2.62. The number of imidazole rings is 1. The minimum atomic E-state index is 0.304. The smallest absolute Gasteiger partial charge is 0.141 e. The van der Waals surface area contributed by atoms with Gasteiger partial charge in [-0.1, -0.05) is 18.2 Å². The molecule has 0 saturated heterocycles. The number of pyridine rings is 1. The molecule has 0 radical (unpaired) electrons. The molecule has 106 valence electrons. The zero-order chi connectivity index (χ0) is 14.8. The number of aromatic nitrogens is 3. The summed E-state index contributed by atoms with van der Waals surface area (Å²) in [5, 5.41) is 9.95. The second kappa shape index (κ2) is 5.40. The number of aromatic hydroxyl groups is 1. The molecule has 4 nitrogen and oxygen atoms in total. The Morgan fingerprint density at radius 3 is 2.52 bits per heavy atom. The monoisotopic (exact) mass is 279 g/mol. The zero-order valence-electron chi connectivity index (χ0n) is 12.1. The topological polar surface area (TPSA) is 50.9 Å². The van der Waals surface area contributed by atoms with Gasteiger partial charge in [-0.2, -0.15) is 0 Å². The van der Waals surface area contributed by atoms with Crippen LogP contribution in [0.15, 0.2) is 48.8 Å². The molecule has 0 amide bonds. The van der Waals surface area contributed by atoms with E-state index in [1.807, 2.05) is 56.6 Å². The van der Waals surface area contributed by atoms with Gasteiger partial charge < -0.3 is 9.67 Å². The fraction of sp³-hybridized carbons (Fsp3) is 0.176. The number of nitrogens with zero attached hydrogens (tertiary/aromatic N) is 3. The van der Waals surface area contributed by atoms with E-state index in [-0.39, 0.29) is 0 Å². The molecule has 0 atom stereocenters. The van der Waals surface area contributed by atoms with Gasteiger partial charge in [0.15, 0.2) is 0 Å². The summed E-state index contributed by atoms with van der Waals surface area (Å²) in [6, 6.07) is 11.4. The van der Waals surface area contributed by atoms with Gasteiger partial charge in [0.2, 0.25) is 0 Å². The number of para-hydroxylation sites is 1. The van der Waals surface area contributed by atoms with Crippen LogP contribution in [-0.2, 0) is 6.54 Å². The highest BCUT2D eigenvalue weighted by Crippen LogP contribution is 2.23. The highest BCUT2D eigenvalue weighted by Gasteiger charge is 2.11. The lowest BCUT2D eigenvalue weighted by atomic mass is 10.2. The van der Waals surface area contributed by atoms with Crippen LogP contribution in [-0.4, -0.2) is 19.6 Å². The summed E-state index contributed by atoms with van der Waals surface area (Å²) in [6.07, 6.45) is 3.67. The molecule has 21 heavy (non-hydrogen) atoms. The third-order valence-corrected chi connectivity index (χ3v) is 3.54. The molecule has 0 spiro atoms. The van der Waals surface area contributed by atoms with Crippen molar-refractivity contribution < 1.29 is 5.11 Å². The minimum absolute atomic E-state index is 0.304. The Labute approximate surface area is 123 Å². The Balaban J connectivity index is 2.01. The number of benzene rings is 1. The first-order valence-corrected chi connectivity index (χ1v) is 6.87. The number of hydrogen-bond acceptors (Lipinski definition) is 3. The van der Waals surface area contributed by atoms with Crippen molar-refractivity contribution >= 4 is 0 Å². The molecule has 0 fully saturated rings. The van der Waals surface area contributed by atoms with Crippen molar-refractivity contribution in [2.24, 2.45) is 0 Å². The van der Waals surface area contributed by atoms with Crippen LogP contribution in [0.4, 0.5) is 0 Å². The average Bonchev–Trinajstić information content (AvgIpc) is 2.84. The third-order valence-electron chi connectivity index (χ3n) is 3.54. The highest BCUT2D eigenvalue weighted by molar-refractivity contribution is 5.55. The molecule has 1 N–H and O–H groups in total. The quantitative estimate of drug-likeness (QED) is 0.800. The minimum Gasteiger partial charge on any atom is -0.508 e. The number of aryl methyl sites for hydroxylation is 2. The number of phenols is 1. The van der Waals surface area contributed by atoms with E-state index in [1.54, 1.807) is 6.07 Å². The van der Waals surface area contributed by atoms with Gasteiger partial charge in [-0.25, -0.2) is 4.98 Å². The van der Waals surface area contributed by atoms with Crippen LogP contribution < -0.4 is 0 Å². The third kappa shape index (κ3) is 2.65. The molecular weight excluding hydrogens is 262 g/mol. The number of phenolic OH excluding ortho intramolecular Hbond substituents is 1. The molecule has 0 aliphatic carbocycles. The van der Waals surface area contributed by atoms with Crippen molar-refractivity contribution in [3.05, 3.63) is 65.7 Å². The van der Waals surface area contributed by atoms with Crippen molar-refractivity contribution in [1.29, 1.82) is 0 Å². The van der Waals surface area contributed by atoms with Gasteiger partial charge in [0.25, 0.3) is 0 Å². The summed E-state index contributed by atoms with van der Waals surface area (Å²) in [5.74, 6) is 1.17. The standard InChI is InChI=1S/C17H17N3O/c1-12-7-8-14(10-18-12)17-19-9-13(2)20(17)11-15-5-3-4-6-16(15)21/h3-10,21H,11H2,1-2H3. The molecular formula is C17H17N3O. The largest absolute Gasteiger partial charge is 0.508 e. The van der Waals surface area contributed by atoms with Gasteiger partial charge in [0, 0.05) is 34.9 Å². The maximum Gasteiger partial charge on any atom is 0.141 e. The Morgan fingerprint density at radius 2 is 1.81 bits per heavy atom. The van der Waals surface area contributed by atoms with E-state index in [2.05, 4.69) is 14.5 Å². The molecule has 2 aromatic heterocycles. The van der Waals surface area contributed by atoms with Gasteiger partial charge in [0.05, 0.1) is 6.54 Å². The fourth-order valence-corrected chi connectivity index (χ4v) is 2.31. The molecule has 4 heteroatoms. The van der Waals surface area contributed by atoms with Crippen LogP contribution in [0, 0.1) is 13.8 Å². The molecule has 2 heterocycles. The Kier molecular flexibility index (Phi) is 3.44. The Bertz CT molecular complexity index is 760. The summed E-state index contributed by atoms with van der Waals surface area (Å²) >= 11 is 0. The summed E-state index contributed by atoms with van der Waals surface area (Å²) < 4.78 is 2.08. The SMILES string of the molecule is Cc1ccc(-c2ncc(C)n2Cc2ccccc2O)cn1. The molecule has 0 saturated carbocycles. The second-order valence-electron chi connectivity index (χ2n) is 5.13. The first kappa shape index (κ1) is 13.4. The molecule has 1 aromatic carbocycles. The van der Waals surface area contributed by atoms with Gasteiger partial charge in [0.1, 0.15) is 11.6 Å². The van der Waals surface area contributed by atoms with Gasteiger partial charge >= 0.3 is 0 Å². The first-order chi connectivity index (χ1) is 10.1. The lowest BCUT2D eigenvalue weighted by Crippen LogP contribution is -2.04. The van der Waals surface area contributed by atoms with Crippen LogP contribution in [0.3, 0.4) is 0 Å². The summed E-state index contributed by atoms with van der Waals surface area (Å²) in [7, 11) is 0. The maximum atomic E-state index is 9.95. The van der Waals surface area contributed by atoms with Crippen molar-refractivity contribution in [2.45, 2.75) is 20.4 Å². The molecule has 0 unspecified atom stereocenters. The van der Waals surface area contributed by atoms with Crippen molar-refractivity contribution in [2.75, 3.05) is 0 Å². The summed E-state index contributed by atoms with van der Waals surface area (Å²) in [4.78, 5) is 8.81. The Morgan fingerprint density at radius 1 is 1.00 bits per heavy atom. The highest BCUT2D eigenvalue weighted by atomic mass is 16.3. The van der Waals surface area contributed by atoms with Gasteiger partial charge in [-0.15, -0.1) is 0 Å². The number of rotatable bonds is 3. The van der Waals surface area contributed by atoms with Crippen LogP contribution in [0.1, 0.15) is 17.0 Å². The summed E-state index contributed by atoms with van der Waals surface area (Å²) in [6.45, 7) is 4.56. The van der Waals surface area contributed by atoms with Crippen LogP contribution in [0.2, 0.25) is 0 Å². The summed E-state index contributed by atoms with van der Waals surface area (Å²) in [5.41, 5.74) is 3.88. The van der Waals surface area contributed by atoms with Crippen molar-refractivity contribution in [1.82, 2.24) is 14.5 Å². The molecule has 3 aromatic rings. The predicted molar refractivity (Wildman–Crippen MR) is 82.1 cm³/mol. The predicted octanol–water partition coefficient (Wildman–Crippen LogP) is 3.32. The fourth-order valence-electron chi connectivity index (χ4n) is 2.31. The molecule has 3 rings (SSSR count). The van der Waals surface area contributed by atoms with E-state index in [0.29, 0.717) is 12.3 Å². The second-order valence-corrected chi connectivity index (χ2v) is 5.13. The van der Waals surface area contributed by atoms with E-state index in [1.165, 1.54) is 0 Å². The van der Waals surface area contributed by atoms with Crippen LogP contribution in [0.25, 0.3) is 11.4 Å². The molecule has 0 bridgehead atoms.